The van der Waals surface area contributed by atoms with Gasteiger partial charge in [-0.2, -0.15) is 0 Å². The summed E-state index contributed by atoms with van der Waals surface area (Å²) in [6.07, 6.45) is -0.941. The largest absolute Gasteiger partial charge is 0.497 e. The lowest BCUT2D eigenvalue weighted by Crippen LogP contribution is -2.41. The summed E-state index contributed by atoms with van der Waals surface area (Å²) in [5.41, 5.74) is 0.0853. The van der Waals surface area contributed by atoms with E-state index >= 15 is 0 Å². The molecule has 0 unspecified atom stereocenters. The summed E-state index contributed by atoms with van der Waals surface area (Å²) < 4.78 is 5.19. The average Bonchev–Trinajstić information content (AvgIpc) is 2.86. The number of amides is 3. The molecule has 0 aliphatic carbocycles. The van der Waals surface area contributed by atoms with Crippen molar-refractivity contribution in [2.24, 2.45) is 0 Å². The summed E-state index contributed by atoms with van der Waals surface area (Å²) in [7, 11) is 1.54. The van der Waals surface area contributed by atoms with Crippen molar-refractivity contribution in [2.45, 2.75) is 18.6 Å². The van der Waals surface area contributed by atoms with Gasteiger partial charge in [0.2, 0.25) is 0 Å². The zero-order valence-electron chi connectivity index (χ0n) is 14.1. The van der Waals surface area contributed by atoms with Gasteiger partial charge in [-0.25, -0.2) is 4.79 Å². The van der Waals surface area contributed by atoms with Gasteiger partial charge in [0.15, 0.2) is 0 Å². The van der Waals surface area contributed by atoms with E-state index in [1.54, 1.807) is 62.6 Å². The van der Waals surface area contributed by atoms with Gasteiger partial charge >= 0.3 is 6.03 Å². The molecule has 1 fully saturated rings. The van der Waals surface area contributed by atoms with Gasteiger partial charge in [-0.05, 0) is 30.2 Å². The van der Waals surface area contributed by atoms with Crippen LogP contribution in [0.3, 0.4) is 0 Å². The Morgan fingerprint density at radius 2 is 1.88 bits per heavy atom. The molecular weight excluding hydrogens is 320 g/mol. The Morgan fingerprint density at radius 3 is 2.56 bits per heavy atom. The predicted octanol–water partition coefficient (Wildman–Crippen LogP) is 2.20. The first kappa shape index (κ1) is 17.0. The summed E-state index contributed by atoms with van der Waals surface area (Å²) >= 11 is 0. The van der Waals surface area contributed by atoms with Gasteiger partial charge in [0.05, 0.1) is 19.8 Å². The van der Waals surface area contributed by atoms with E-state index < -0.39 is 23.6 Å². The van der Waals surface area contributed by atoms with E-state index in [9.17, 15) is 14.7 Å². The summed E-state index contributed by atoms with van der Waals surface area (Å²) in [6.45, 7) is 1.55. The molecule has 0 spiro atoms. The van der Waals surface area contributed by atoms with Gasteiger partial charge in [0.25, 0.3) is 5.91 Å². The molecule has 1 heterocycles. The first-order chi connectivity index (χ1) is 12.0. The Bertz CT molecular complexity index is 793. The van der Waals surface area contributed by atoms with E-state index in [-0.39, 0.29) is 6.54 Å². The normalized spacial score (nSPS) is 21.2. The van der Waals surface area contributed by atoms with Crippen LogP contribution >= 0.6 is 0 Å². The smallest absolute Gasteiger partial charge is 0.325 e. The number of nitrogens with zero attached hydrogens (tertiary/aromatic N) is 1. The number of benzene rings is 2. The first-order valence-corrected chi connectivity index (χ1v) is 7.97. The minimum Gasteiger partial charge on any atom is -0.497 e. The molecule has 0 aromatic heterocycles. The van der Waals surface area contributed by atoms with E-state index in [2.05, 4.69) is 5.32 Å². The lowest BCUT2D eigenvalue weighted by Gasteiger charge is -2.23. The number of hydrogen-bond acceptors (Lipinski definition) is 4. The molecule has 0 saturated carbocycles. The summed E-state index contributed by atoms with van der Waals surface area (Å²) in [5.74, 6) is 0.198. The monoisotopic (exact) mass is 340 g/mol. The molecule has 0 radical (unpaired) electrons. The van der Waals surface area contributed by atoms with Crippen LogP contribution in [0.15, 0.2) is 54.6 Å². The molecule has 6 heteroatoms. The van der Waals surface area contributed by atoms with Crippen LogP contribution in [0.1, 0.15) is 24.2 Å². The topological polar surface area (TPSA) is 78.9 Å². The van der Waals surface area contributed by atoms with Crippen molar-refractivity contribution < 1.29 is 19.4 Å². The van der Waals surface area contributed by atoms with Crippen LogP contribution in [0, 0.1) is 0 Å². The summed E-state index contributed by atoms with van der Waals surface area (Å²) in [6, 6.07) is 15.4. The van der Waals surface area contributed by atoms with E-state index in [0.717, 1.165) is 4.90 Å². The highest BCUT2D eigenvalue weighted by atomic mass is 16.5. The zero-order chi connectivity index (χ0) is 18.0. The van der Waals surface area contributed by atoms with Gasteiger partial charge in [0.1, 0.15) is 11.3 Å². The zero-order valence-corrected chi connectivity index (χ0v) is 14.1. The van der Waals surface area contributed by atoms with Crippen LogP contribution < -0.4 is 10.1 Å². The number of urea groups is 1. The van der Waals surface area contributed by atoms with Crippen molar-refractivity contribution in [2.75, 3.05) is 13.7 Å². The number of hydrogen-bond donors (Lipinski definition) is 2. The maximum absolute atomic E-state index is 12.9. The molecule has 0 bridgehead atoms. The third-order valence-electron chi connectivity index (χ3n) is 4.46. The molecule has 2 atom stereocenters. The van der Waals surface area contributed by atoms with Gasteiger partial charge in [-0.3, -0.25) is 9.69 Å². The standard InChI is InChI=1S/C19H20N2O4/c1-19(14-9-6-10-15(11-14)25-2)17(23)21(18(24)20-19)12-16(22)13-7-4-3-5-8-13/h3-11,16,22H,12H2,1-2H3,(H,20,24)/t16-,19-/m1/s1. The fourth-order valence-corrected chi connectivity index (χ4v) is 2.95. The molecule has 130 valence electrons. The van der Waals surface area contributed by atoms with Gasteiger partial charge in [-0.15, -0.1) is 0 Å². The number of carbonyl (C=O) groups excluding carboxylic acids is 2. The molecule has 2 aromatic carbocycles. The molecule has 3 rings (SSSR count). The lowest BCUT2D eigenvalue weighted by atomic mass is 9.92. The van der Waals surface area contributed by atoms with Crippen molar-refractivity contribution in [1.29, 1.82) is 0 Å². The number of nitrogens with one attached hydrogen (secondary N) is 1. The van der Waals surface area contributed by atoms with Crippen molar-refractivity contribution >= 4 is 11.9 Å². The molecule has 1 aliphatic heterocycles. The number of ether oxygens (including phenoxy) is 1. The minimum absolute atomic E-state index is 0.103. The second kappa shape index (κ2) is 6.57. The van der Waals surface area contributed by atoms with Crippen molar-refractivity contribution in [3.63, 3.8) is 0 Å². The van der Waals surface area contributed by atoms with Crippen LogP contribution in [0.2, 0.25) is 0 Å². The van der Waals surface area contributed by atoms with Crippen molar-refractivity contribution in [3.05, 3.63) is 65.7 Å². The van der Waals surface area contributed by atoms with Crippen LogP contribution in [-0.2, 0) is 10.3 Å². The molecule has 1 aliphatic rings. The second-order valence-corrected chi connectivity index (χ2v) is 6.13. The molecule has 3 amide bonds. The molecule has 2 N–H and O–H groups in total. The maximum atomic E-state index is 12.9. The Kier molecular flexibility index (Phi) is 4.46. The number of β-amino-alcohol motifs (C(OH)–C–C–N with tert-alkyl or cyclic N) is 1. The Labute approximate surface area is 146 Å². The summed E-state index contributed by atoms with van der Waals surface area (Å²) in [5, 5.41) is 13.1. The molecule has 6 nitrogen and oxygen atoms in total. The number of rotatable bonds is 5. The molecular formula is C19H20N2O4. The fraction of sp³-hybridized carbons (Fsp3) is 0.263. The number of aliphatic hydroxyl groups excluding tert-OH is 1. The van der Waals surface area contributed by atoms with Crippen LogP contribution in [0.4, 0.5) is 4.79 Å². The lowest BCUT2D eigenvalue weighted by molar-refractivity contribution is -0.132. The highest BCUT2D eigenvalue weighted by Crippen LogP contribution is 2.31. The van der Waals surface area contributed by atoms with E-state index in [4.69, 9.17) is 4.74 Å². The van der Waals surface area contributed by atoms with E-state index in [1.807, 2.05) is 6.07 Å². The average molecular weight is 340 g/mol. The first-order valence-electron chi connectivity index (χ1n) is 7.97. The number of aliphatic hydroxyl groups is 1. The minimum atomic E-state index is -1.19. The number of carbonyl (C=O) groups is 2. The number of imide groups is 1. The summed E-state index contributed by atoms with van der Waals surface area (Å²) in [4.78, 5) is 26.3. The van der Waals surface area contributed by atoms with Crippen LogP contribution in [0.25, 0.3) is 0 Å². The Balaban J connectivity index is 1.84. The second-order valence-electron chi connectivity index (χ2n) is 6.13. The maximum Gasteiger partial charge on any atom is 0.325 e. The Morgan fingerprint density at radius 1 is 1.16 bits per heavy atom. The van der Waals surface area contributed by atoms with Crippen molar-refractivity contribution in [3.8, 4) is 5.75 Å². The van der Waals surface area contributed by atoms with Crippen LogP contribution in [-0.4, -0.2) is 35.6 Å². The fourth-order valence-electron chi connectivity index (χ4n) is 2.95. The molecule has 2 aromatic rings. The predicted molar refractivity (Wildman–Crippen MR) is 92.0 cm³/mol. The van der Waals surface area contributed by atoms with Gasteiger partial charge in [-0.1, -0.05) is 42.5 Å². The quantitative estimate of drug-likeness (QED) is 0.818. The Hall–Kier alpha value is -2.86. The van der Waals surface area contributed by atoms with E-state index in [1.165, 1.54) is 0 Å². The number of methoxy groups -OCH3 is 1. The van der Waals surface area contributed by atoms with Crippen LogP contribution in [0.5, 0.6) is 5.75 Å². The SMILES string of the molecule is COc1cccc([C@@]2(C)NC(=O)N(C[C@@H](O)c3ccccc3)C2=O)c1. The third-order valence-corrected chi connectivity index (χ3v) is 4.46. The molecule has 25 heavy (non-hydrogen) atoms. The van der Waals surface area contributed by atoms with E-state index in [0.29, 0.717) is 16.9 Å². The third kappa shape index (κ3) is 3.08. The molecule has 1 saturated heterocycles. The van der Waals surface area contributed by atoms with Crippen molar-refractivity contribution in [1.82, 2.24) is 10.2 Å². The highest BCUT2D eigenvalue weighted by Gasteiger charge is 2.49. The van der Waals surface area contributed by atoms with Gasteiger partial charge in [0, 0.05) is 0 Å². The highest BCUT2D eigenvalue weighted by molar-refractivity contribution is 6.07. The van der Waals surface area contributed by atoms with Gasteiger partial charge < -0.3 is 15.2 Å².